The van der Waals surface area contributed by atoms with Crippen molar-refractivity contribution >= 4 is 23.1 Å². The first-order valence-corrected chi connectivity index (χ1v) is 9.97. The van der Waals surface area contributed by atoms with Crippen LogP contribution in [0.4, 0.5) is 21.6 Å². The normalized spacial score (nSPS) is 22.0. The van der Waals surface area contributed by atoms with Crippen LogP contribution in [0.2, 0.25) is 0 Å². The molecule has 7 heteroatoms. The van der Waals surface area contributed by atoms with Crippen molar-refractivity contribution in [3.8, 4) is 0 Å². The zero-order chi connectivity index (χ0) is 19.1. The van der Waals surface area contributed by atoms with Crippen molar-refractivity contribution in [1.29, 1.82) is 0 Å². The van der Waals surface area contributed by atoms with Crippen LogP contribution in [-0.4, -0.2) is 54.6 Å². The fourth-order valence-corrected chi connectivity index (χ4v) is 4.49. The fourth-order valence-electron chi connectivity index (χ4n) is 4.49. The van der Waals surface area contributed by atoms with Gasteiger partial charge in [0.1, 0.15) is 11.9 Å². The lowest BCUT2D eigenvalue weighted by molar-refractivity contribution is -0.117. The Morgan fingerprint density at radius 3 is 2.68 bits per heavy atom. The van der Waals surface area contributed by atoms with E-state index in [0.717, 1.165) is 74.9 Å². The molecule has 2 fully saturated rings. The number of nitrogens with one attached hydrogen (secondary N) is 1. The predicted octanol–water partition coefficient (Wildman–Crippen LogP) is 2.46. The van der Waals surface area contributed by atoms with Gasteiger partial charge in [0.25, 0.3) is 0 Å². The molecule has 1 atom stereocenters. The average Bonchev–Trinajstić information content (AvgIpc) is 3.20. The van der Waals surface area contributed by atoms with Crippen LogP contribution in [-0.2, 0) is 11.3 Å². The second-order valence-corrected chi connectivity index (χ2v) is 7.80. The summed E-state index contributed by atoms with van der Waals surface area (Å²) in [5, 5.41) is 3.04. The molecule has 0 aliphatic carbocycles. The number of carbonyl (C=O) groups excluding carboxylic acids is 1. The predicted molar refractivity (Wildman–Crippen MR) is 107 cm³/mol. The van der Waals surface area contributed by atoms with Crippen molar-refractivity contribution in [3.05, 3.63) is 47.9 Å². The molecule has 2 saturated heterocycles. The van der Waals surface area contributed by atoms with Crippen LogP contribution in [0.25, 0.3) is 0 Å². The molecule has 6 nitrogen and oxygen atoms in total. The number of pyridine rings is 1. The number of hydrogen-bond acceptors (Lipinski definition) is 5. The maximum Gasteiger partial charge on any atom is 0.247 e. The van der Waals surface area contributed by atoms with Gasteiger partial charge in [-0.25, -0.2) is 9.37 Å². The van der Waals surface area contributed by atoms with Crippen molar-refractivity contribution in [2.24, 2.45) is 0 Å². The molecule has 1 N–H and O–H groups in total. The van der Waals surface area contributed by atoms with E-state index in [0.29, 0.717) is 0 Å². The van der Waals surface area contributed by atoms with Gasteiger partial charge in [-0.15, -0.1) is 0 Å². The van der Waals surface area contributed by atoms with E-state index < -0.39 is 0 Å². The Balaban J connectivity index is 1.23. The maximum atomic E-state index is 13.1. The number of fused-ring (bicyclic) bond motifs is 3. The molecule has 0 bridgehead atoms. The Hall–Kier alpha value is -2.67. The minimum atomic E-state index is -0.199. The highest BCUT2D eigenvalue weighted by atomic mass is 19.1. The van der Waals surface area contributed by atoms with E-state index in [1.165, 1.54) is 12.1 Å². The molecule has 28 heavy (non-hydrogen) atoms. The zero-order valence-corrected chi connectivity index (χ0v) is 15.8. The topological polar surface area (TPSA) is 51.7 Å². The van der Waals surface area contributed by atoms with E-state index in [1.807, 2.05) is 18.3 Å². The second-order valence-electron chi connectivity index (χ2n) is 7.80. The Morgan fingerprint density at radius 1 is 1.11 bits per heavy atom. The van der Waals surface area contributed by atoms with Crippen molar-refractivity contribution in [3.63, 3.8) is 0 Å². The summed E-state index contributed by atoms with van der Waals surface area (Å²) in [5.41, 5.74) is 3.02. The summed E-state index contributed by atoms with van der Waals surface area (Å²) < 4.78 is 13.1. The molecule has 1 aromatic heterocycles. The standard InChI is InChI=1S/C21H24FN5O/c22-16-3-5-17(6-4-16)26-10-8-25(9-11-26)14-15-12-18-20(23-13-15)27-7-1-2-19(27)21(28)24-18/h3-6,12-13,19H,1-2,7-11,14H2,(H,24,28)/t19-/m0/s1. The summed E-state index contributed by atoms with van der Waals surface area (Å²) in [6, 6.07) is 8.73. The number of piperazine rings is 1. The fraction of sp³-hybridized carbons (Fsp3) is 0.429. The van der Waals surface area contributed by atoms with Gasteiger partial charge in [-0.05, 0) is 48.7 Å². The summed E-state index contributed by atoms with van der Waals surface area (Å²) in [7, 11) is 0. The molecule has 1 aromatic carbocycles. The number of halogens is 1. The van der Waals surface area contributed by atoms with E-state index in [2.05, 4.69) is 31.1 Å². The Labute approximate surface area is 163 Å². The second kappa shape index (κ2) is 7.05. The first-order valence-electron chi connectivity index (χ1n) is 9.97. The summed E-state index contributed by atoms with van der Waals surface area (Å²) in [6.45, 7) is 5.43. The molecule has 3 aliphatic rings. The summed E-state index contributed by atoms with van der Waals surface area (Å²) in [5.74, 6) is 0.804. The van der Waals surface area contributed by atoms with Crippen LogP contribution in [0.5, 0.6) is 0 Å². The van der Waals surface area contributed by atoms with Crippen LogP contribution in [0.3, 0.4) is 0 Å². The third-order valence-corrected chi connectivity index (χ3v) is 5.98. The van der Waals surface area contributed by atoms with Crippen LogP contribution in [0, 0.1) is 5.82 Å². The molecule has 0 spiro atoms. The lowest BCUT2D eigenvalue weighted by atomic mass is 10.1. The van der Waals surface area contributed by atoms with E-state index in [9.17, 15) is 9.18 Å². The number of anilines is 3. The molecular formula is C21H24FN5O. The van der Waals surface area contributed by atoms with Gasteiger partial charge in [-0.3, -0.25) is 9.69 Å². The maximum absolute atomic E-state index is 13.1. The van der Waals surface area contributed by atoms with Gasteiger partial charge in [0, 0.05) is 51.2 Å². The highest BCUT2D eigenvalue weighted by Gasteiger charge is 2.37. The van der Waals surface area contributed by atoms with Gasteiger partial charge >= 0.3 is 0 Å². The summed E-state index contributed by atoms with van der Waals surface area (Å²) >= 11 is 0. The Bertz CT molecular complexity index is 879. The molecule has 146 valence electrons. The van der Waals surface area contributed by atoms with Crippen LogP contribution in [0.15, 0.2) is 36.5 Å². The minimum absolute atomic E-state index is 0.0506. The van der Waals surface area contributed by atoms with Crippen molar-refractivity contribution in [2.45, 2.75) is 25.4 Å². The van der Waals surface area contributed by atoms with Gasteiger partial charge in [-0.1, -0.05) is 0 Å². The van der Waals surface area contributed by atoms with Gasteiger partial charge in [-0.2, -0.15) is 0 Å². The van der Waals surface area contributed by atoms with Crippen LogP contribution >= 0.6 is 0 Å². The van der Waals surface area contributed by atoms with Crippen molar-refractivity contribution in [2.75, 3.05) is 47.8 Å². The molecule has 5 rings (SSSR count). The first-order chi connectivity index (χ1) is 13.7. The SMILES string of the molecule is O=C1Nc2cc(CN3CCN(c4ccc(F)cc4)CC3)cnc2N2CCC[C@@H]12. The summed E-state index contributed by atoms with van der Waals surface area (Å²) in [4.78, 5) is 23.8. The number of amides is 1. The zero-order valence-electron chi connectivity index (χ0n) is 15.8. The Kier molecular flexibility index (Phi) is 4.39. The molecular weight excluding hydrogens is 357 g/mol. The number of rotatable bonds is 3. The lowest BCUT2D eigenvalue weighted by Crippen LogP contribution is -2.46. The van der Waals surface area contributed by atoms with Crippen LogP contribution in [0.1, 0.15) is 18.4 Å². The molecule has 0 unspecified atom stereocenters. The van der Waals surface area contributed by atoms with Gasteiger partial charge < -0.3 is 15.1 Å². The third-order valence-electron chi connectivity index (χ3n) is 5.98. The Morgan fingerprint density at radius 2 is 1.89 bits per heavy atom. The molecule has 2 aromatic rings. The van der Waals surface area contributed by atoms with E-state index in [1.54, 1.807) is 0 Å². The lowest BCUT2D eigenvalue weighted by Gasteiger charge is -2.36. The van der Waals surface area contributed by atoms with E-state index >= 15 is 0 Å². The smallest absolute Gasteiger partial charge is 0.247 e. The molecule has 0 saturated carbocycles. The number of aromatic nitrogens is 1. The quantitative estimate of drug-likeness (QED) is 0.885. The van der Waals surface area contributed by atoms with E-state index in [-0.39, 0.29) is 17.8 Å². The number of benzene rings is 1. The van der Waals surface area contributed by atoms with E-state index in [4.69, 9.17) is 0 Å². The number of hydrogen-bond donors (Lipinski definition) is 1. The highest BCUT2D eigenvalue weighted by Crippen LogP contribution is 2.35. The molecule has 0 radical (unpaired) electrons. The monoisotopic (exact) mass is 381 g/mol. The highest BCUT2D eigenvalue weighted by molar-refractivity contribution is 6.03. The third kappa shape index (κ3) is 3.20. The van der Waals surface area contributed by atoms with Crippen molar-refractivity contribution in [1.82, 2.24) is 9.88 Å². The van der Waals surface area contributed by atoms with Gasteiger partial charge in [0.15, 0.2) is 5.82 Å². The average molecular weight is 381 g/mol. The first kappa shape index (κ1) is 17.4. The largest absolute Gasteiger partial charge is 0.369 e. The van der Waals surface area contributed by atoms with Crippen molar-refractivity contribution < 1.29 is 9.18 Å². The number of carbonyl (C=O) groups is 1. The summed E-state index contributed by atoms with van der Waals surface area (Å²) in [6.07, 6.45) is 3.89. The van der Waals surface area contributed by atoms with Crippen LogP contribution < -0.4 is 15.1 Å². The van der Waals surface area contributed by atoms with Gasteiger partial charge in [0.05, 0.1) is 5.69 Å². The van der Waals surface area contributed by atoms with Gasteiger partial charge in [0.2, 0.25) is 5.91 Å². The number of nitrogens with zero attached hydrogens (tertiary/aromatic N) is 4. The molecule has 1 amide bonds. The minimum Gasteiger partial charge on any atom is -0.369 e. The molecule has 3 aliphatic heterocycles. The molecule has 4 heterocycles.